The van der Waals surface area contributed by atoms with E-state index in [-0.39, 0.29) is 5.91 Å². The zero-order chi connectivity index (χ0) is 17.1. The zero-order valence-electron chi connectivity index (χ0n) is 13.8. The van der Waals surface area contributed by atoms with Gasteiger partial charge in [-0.3, -0.25) is 9.78 Å². The van der Waals surface area contributed by atoms with Gasteiger partial charge in [0.2, 0.25) is 0 Å². The van der Waals surface area contributed by atoms with Gasteiger partial charge in [-0.25, -0.2) is 0 Å². The Morgan fingerprint density at radius 3 is 2.46 bits per heavy atom. The van der Waals surface area contributed by atoms with Gasteiger partial charge in [-0.05, 0) is 42.0 Å². The summed E-state index contributed by atoms with van der Waals surface area (Å²) in [5.74, 6) is 1.25. The van der Waals surface area contributed by atoms with Crippen molar-refractivity contribution < 1.29 is 14.3 Å². The summed E-state index contributed by atoms with van der Waals surface area (Å²) in [5, 5.41) is 3.58. The Morgan fingerprint density at radius 1 is 1.00 bits per heavy atom. The predicted octanol–water partition coefficient (Wildman–Crippen LogP) is 3.28. The normalized spacial score (nSPS) is 10.5. The van der Waals surface area contributed by atoms with Gasteiger partial charge in [-0.2, -0.15) is 0 Å². The van der Waals surface area contributed by atoms with E-state index in [1.807, 2.05) is 30.3 Å². The molecule has 1 heterocycles. The molecule has 0 aliphatic heterocycles. The molecule has 24 heavy (non-hydrogen) atoms. The molecule has 3 rings (SSSR count). The number of fused-ring (bicyclic) bond motifs is 1. The van der Waals surface area contributed by atoms with Crippen molar-refractivity contribution in [1.29, 1.82) is 0 Å². The van der Waals surface area contributed by atoms with Crippen molar-refractivity contribution >= 4 is 16.8 Å². The van der Waals surface area contributed by atoms with Gasteiger partial charge >= 0.3 is 0 Å². The summed E-state index contributed by atoms with van der Waals surface area (Å²) in [6, 6.07) is 13.0. The number of amides is 1. The number of pyridine rings is 1. The first-order valence-corrected chi connectivity index (χ1v) is 7.51. The fraction of sp³-hybridized carbons (Fsp3) is 0.158. The number of hydrogen-bond acceptors (Lipinski definition) is 4. The van der Waals surface area contributed by atoms with Crippen LogP contribution >= 0.6 is 0 Å². The lowest BCUT2D eigenvalue weighted by Crippen LogP contribution is -2.17. The monoisotopic (exact) mass is 322 g/mol. The number of nitrogens with zero attached hydrogens (tertiary/aromatic N) is 1. The summed E-state index contributed by atoms with van der Waals surface area (Å²) in [6.45, 7) is 0. The van der Waals surface area contributed by atoms with Crippen molar-refractivity contribution in [3.05, 3.63) is 54.2 Å². The third-order valence-corrected chi connectivity index (χ3v) is 3.93. The Hall–Kier alpha value is -3.08. The molecule has 0 aliphatic rings. The molecule has 122 valence electrons. The van der Waals surface area contributed by atoms with Gasteiger partial charge in [-0.1, -0.05) is 6.07 Å². The molecular weight excluding hydrogens is 304 g/mol. The summed E-state index contributed by atoms with van der Waals surface area (Å²) in [7, 11) is 4.84. The van der Waals surface area contributed by atoms with Crippen LogP contribution in [0.5, 0.6) is 11.5 Å². The number of aromatic nitrogens is 1. The van der Waals surface area contributed by atoms with Crippen LogP contribution in [0, 0.1) is 0 Å². The van der Waals surface area contributed by atoms with Gasteiger partial charge in [-0.15, -0.1) is 0 Å². The molecule has 1 amide bonds. The minimum absolute atomic E-state index is 0.144. The highest BCUT2D eigenvalue weighted by Gasteiger charge is 2.15. The van der Waals surface area contributed by atoms with Crippen LogP contribution in [-0.4, -0.2) is 32.2 Å². The minimum Gasteiger partial charge on any atom is -0.496 e. The van der Waals surface area contributed by atoms with Crippen LogP contribution in [0.1, 0.15) is 10.4 Å². The van der Waals surface area contributed by atoms with Crippen molar-refractivity contribution in [3.63, 3.8) is 0 Å². The van der Waals surface area contributed by atoms with E-state index in [0.717, 1.165) is 22.0 Å². The van der Waals surface area contributed by atoms with Crippen LogP contribution in [0.15, 0.2) is 48.7 Å². The summed E-state index contributed by atoms with van der Waals surface area (Å²) in [4.78, 5) is 16.4. The fourth-order valence-corrected chi connectivity index (χ4v) is 2.75. The number of carbonyl (C=O) groups excluding carboxylic acids is 1. The smallest absolute Gasteiger partial charge is 0.251 e. The first-order valence-electron chi connectivity index (χ1n) is 7.51. The number of hydrogen-bond donors (Lipinski definition) is 1. The molecule has 0 unspecified atom stereocenters. The highest BCUT2D eigenvalue weighted by Crippen LogP contribution is 2.38. The summed E-state index contributed by atoms with van der Waals surface area (Å²) >= 11 is 0. The van der Waals surface area contributed by atoms with Gasteiger partial charge in [0, 0.05) is 29.8 Å². The van der Waals surface area contributed by atoms with E-state index in [1.54, 1.807) is 39.6 Å². The SMILES string of the molecule is CNC(=O)c1ccc(OC)c(-c2ccc(OC)c3ncccc23)c1. The van der Waals surface area contributed by atoms with Crippen LogP contribution in [0.2, 0.25) is 0 Å². The Labute approximate surface area is 140 Å². The molecule has 2 aromatic carbocycles. The van der Waals surface area contributed by atoms with E-state index < -0.39 is 0 Å². The lowest BCUT2D eigenvalue weighted by atomic mass is 9.97. The van der Waals surface area contributed by atoms with E-state index >= 15 is 0 Å². The predicted molar refractivity (Wildman–Crippen MR) is 93.7 cm³/mol. The van der Waals surface area contributed by atoms with Gasteiger partial charge in [0.05, 0.1) is 14.2 Å². The largest absolute Gasteiger partial charge is 0.496 e. The first-order chi connectivity index (χ1) is 11.7. The third kappa shape index (κ3) is 2.65. The topological polar surface area (TPSA) is 60.5 Å². The highest BCUT2D eigenvalue weighted by atomic mass is 16.5. The fourth-order valence-electron chi connectivity index (χ4n) is 2.75. The Bertz CT molecular complexity index is 906. The second kappa shape index (κ2) is 6.58. The summed E-state index contributed by atoms with van der Waals surface area (Å²) < 4.78 is 10.9. The molecule has 0 saturated carbocycles. The van der Waals surface area contributed by atoms with Crippen molar-refractivity contribution in [3.8, 4) is 22.6 Å². The highest BCUT2D eigenvalue weighted by molar-refractivity contribution is 6.01. The van der Waals surface area contributed by atoms with Crippen LogP contribution < -0.4 is 14.8 Å². The van der Waals surface area contributed by atoms with Crippen LogP contribution in [0.25, 0.3) is 22.0 Å². The molecule has 5 nitrogen and oxygen atoms in total. The summed E-state index contributed by atoms with van der Waals surface area (Å²) in [6.07, 6.45) is 1.73. The molecule has 0 atom stereocenters. The average molecular weight is 322 g/mol. The van der Waals surface area contributed by atoms with E-state index in [0.29, 0.717) is 17.1 Å². The maximum atomic E-state index is 12.0. The average Bonchev–Trinajstić information content (AvgIpc) is 2.66. The molecule has 0 spiro atoms. The molecule has 0 saturated heterocycles. The van der Waals surface area contributed by atoms with Crippen molar-refractivity contribution in [1.82, 2.24) is 10.3 Å². The second-order valence-corrected chi connectivity index (χ2v) is 5.21. The lowest BCUT2D eigenvalue weighted by Gasteiger charge is -2.14. The number of methoxy groups -OCH3 is 2. The second-order valence-electron chi connectivity index (χ2n) is 5.21. The molecule has 0 aliphatic carbocycles. The Kier molecular flexibility index (Phi) is 4.33. The van der Waals surface area contributed by atoms with Crippen molar-refractivity contribution in [2.75, 3.05) is 21.3 Å². The van der Waals surface area contributed by atoms with Crippen molar-refractivity contribution in [2.45, 2.75) is 0 Å². The number of benzene rings is 2. The zero-order valence-corrected chi connectivity index (χ0v) is 13.8. The summed E-state index contributed by atoms with van der Waals surface area (Å²) in [5.41, 5.74) is 3.10. The molecule has 0 fully saturated rings. The number of rotatable bonds is 4. The number of nitrogens with one attached hydrogen (secondary N) is 1. The van der Waals surface area contributed by atoms with Gasteiger partial charge in [0.1, 0.15) is 17.0 Å². The molecular formula is C19H18N2O3. The van der Waals surface area contributed by atoms with Crippen molar-refractivity contribution in [2.24, 2.45) is 0 Å². The van der Waals surface area contributed by atoms with E-state index in [2.05, 4.69) is 10.3 Å². The maximum absolute atomic E-state index is 12.0. The standard InChI is InChI=1S/C19H18N2O3/c1-20-19(22)12-6-8-16(23-2)15(11-12)13-7-9-17(24-3)18-14(13)5-4-10-21-18/h4-11H,1-3H3,(H,20,22). The van der Waals surface area contributed by atoms with Crippen LogP contribution in [0.4, 0.5) is 0 Å². The molecule has 0 bridgehead atoms. The maximum Gasteiger partial charge on any atom is 0.251 e. The first kappa shape index (κ1) is 15.8. The van der Waals surface area contributed by atoms with Gasteiger partial charge in [0.25, 0.3) is 5.91 Å². The van der Waals surface area contributed by atoms with E-state index in [1.165, 1.54) is 0 Å². The Balaban J connectivity index is 2.29. The van der Waals surface area contributed by atoms with Gasteiger partial charge in [0.15, 0.2) is 0 Å². The third-order valence-electron chi connectivity index (χ3n) is 3.93. The quantitative estimate of drug-likeness (QED) is 0.801. The molecule has 1 aromatic heterocycles. The Morgan fingerprint density at radius 2 is 1.75 bits per heavy atom. The molecule has 1 N–H and O–H groups in total. The number of carbonyl (C=O) groups is 1. The van der Waals surface area contributed by atoms with Crippen LogP contribution in [0.3, 0.4) is 0 Å². The molecule has 5 heteroatoms. The molecule has 0 radical (unpaired) electrons. The lowest BCUT2D eigenvalue weighted by molar-refractivity contribution is 0.0963. The van der Waals surface area contributed by atoms with E-state index in [9.17, 15) is 4.79 Å². The minimum atomic E-state index is -0.144. The van der Waals surface area contributed by atoms with E-state index in [4.69, 9.17) is 9.47 Å². The van der Waals surface area contributed by atoms with Gasteiger partial charge < -0.3 is 14.8 Å². The molecule has 3 aromatic rings. The van der Waals surface area contributed by atoms with Crippen LogP contribution in [-0.2, 0) is 0 Å². The number of ether oxygens (including phenoxy) is 2.